The van der Waals surface area contributed by atoms with Gasteiger partial charge < -0.3 is 9.80 Å². The fraction of sp³-hybridized carbons (Fsp3) is 0.412. The second-order valence-corrected chi connectivity index (χ2v) is 10.2. The van der Waals surface area contributed by atoms with Gasteiger partial charge in [0.25, 0.3) is 0 Å². The van der Waals surface area contributed by atoms with Gasteiger partial charge in [0.1, 0.15) is 0 Å². The van der Waals surface area contributed by atoms with E-state index in [2.05, 4.69) is 25.8 Å². The molecule has 0 N–H and O–H groups in total. The molecule has 1 aliphatic heterocycles. The van der Waals surface area contributed by atoms with Crippen LogP contribution in [0, 0.1) is 6.92 Å². The Kier molecular flexibility index (Phi) is 6.19. The van der Waals surface area contributed by atoms with E-state index in [-0.39, 0.29) is 17.3 Å². The lowest BCUT2D eigenvalue weighted by molar-refractivity contribution is -0.131. The average Bonchev–Trinajstić information content (AvgIpc) is 3.08. The molecule has 2 aromatic rings. The number of aryl methyl sites for hydroxylation is 1. The van der Waals surface area contributed by atoms with Crippen molar-refractivity contribution in [2.75, 3.05) is 44.7 Å². The molecule has 1 amide bonds. The minimum Gasteiger partial charge on any atom is -0.345 e. The maximum Gasteiger partial charge on any atom is 0.243 e. The molecule has 0 unspecified atom stereocenters. The summed E-state index contributed by atoms with van der Waals surface area (Å²) >= 11 is 4.89. The quantitative estimate of drug-likeness (QED) is 0.666. The van der Waals surface area contributed by atoms with Gasteiger partial charge in [-0.1, -0.05) is 15.9 Å². The number of thiazole rings is 1. The number of nitrogens with zero attached hydrogens (tertiary/aromatic N) is 4. The van der Waals surface area contributed by atoms with E-state index in [0.717, 1.165) is 19.6 Å². The van der Waals surface area contributed by atoms with Gasteiger partial charge >= 0.3 is 0 Å². The van der Waals surface area contributed by atoms with Gasteiger partial charge in [-0.25, -0.2) is 13.4 Å². The van der Waals surface area contributed by atoms with Crippen LogP contribution in [0.5, 0.6) is 0 Å². The minimum atomic E-state index is -3.69. The van der Waals surface area contributed by atoms with E-state index in [9.17, 15) is 13.2 Å². The van der Waals surface area contributed by atoms with E-state index >= 15 is 0 Å². The Morgan fingerprint density at radius 1 is 1.22 bits per heavy atom. The zero-order valence-corrected chi connectivity index (χ0v) is 18.3. The van der Waals surface area contributed by atoms with Crippen LogP contribution in [0.1, 0.15) is 5.69 Å². The van der Waals surface area contributed by atoms with Crippen molar-refractivity contribution >= 4 is 48.3 Å². The highest BCUT2D eigenvalue weighted by Gasteiger charge is 2.27. The maximum absolute atomic E-state index is 12.6. The normalized spacial score (nSPS) is 15.4. The number of carbonyl (C=O) groups excluding carboxylic acids is 1. The Balaban J connectivity index is 1.58. The van der Waals surface area contributed by atoms with Gasteiger partial charge in [0.05, 0.1) is 17.1 Å². The Labute approximate surface area is 171 Å². The number of halogens is 1. The monoisotopic (exact) mass is 472 g/mol. The molecule has 1 fully saturated rings. The molecule has 1 aliphatic rings. The Bertz CT molecular complexity index is 907. The highest BCUT2D eigenvalue weighted by atomic mass is 79.9. The molecule has 2 heterocycles. The van der Waals surface area contributed by atoms with Crippen LogP contribution >= 0.6 is 27.3 Å². The van der Waals surface area contributed by atoms with Crippen molar-refractivity contribution in [2.24, 2.45) is 0 Å². The number of hydrogen-bond acceptors (Lipinski definition) is 6. The van der Waals surface area contributed by atoms with Gasteiger partial charge in [0, 0.05) is 43.1 Å². The van der Waals surface area contributed by atoms with Crippen LogP contribution in [0.3, 0.4) is 0 Å². The van der Waals surface area contributed by atoms with Gasteiger partial charge in [-0.15, -0.1) is 11.3 Å². The summed E-state index contributed by atoms with van der Waals surface area (Å²) in [5.74, 6) is -0.187. The molecular weight excluding hydrogens is 452 g/mol. The molecule has 1 saturated heterocycles. The van der Waals surface area contributed by atoms with Gasteiger partial charge in [-0.3, -0.25) is 4.79 Å². The average molecular weight is 473 g/mol. The molecule has 7 nitrogen and oxygen atoms in total. The second kappa shape index (κ2) is 8.26. The number of amides is 1. The summed E-state index contributed by atoms with van der Waals surface area (Å²) in [5, 5.41) is 2.98. The van der Waals surface area contributed by atoms with E-state index in [4.69, 9.17) is 0 Å². The first-order chi connectivity index (χ1) is 12.8. The minimum absolute atomic E-state index is 0.171. The predicted molar refractivity (Wildman–Crippen MR) is 110 cm³/mol. The zero-order chi connectivity index (χ0) is 19.6. The predicted octanol–water partition coefficient (Wildman–Crippen LogP) is 2.18. The van der Waals surface area contributed by atoms with Crippen molar-refractivity contribution in [3.05, 3.63) is 39.8 Å². The third-order valence-electron chi connectivity index (χ3n) is 4.39. The van der Waals surface area contributed by atoms with Crippen molar-refractivity contribution in [2.45, 2.75) is 11.8 Å². The summed E-state index contributed by atoms with van der Waals surface area (Å²) in [6.07, 6.45) is 0. The number of piperazine rings is 1. The topological polar surface area (TPSA) is 73.8 Å². The molecule has 0 bridgehead atoms. The van der Waals surface area contributed by atoms with Crippen LogP contribution in [0.2, 0.25) is 0 Å². The van der Waals surface area contributed by atoms with Crippen LogP contribution in [0.4, 0.5) is 5.13 Å². The SMILES string of the molecule is Cc1csc(N2CCN(C(=O)CN(C)S(=O)(=O)c3ccc(Br)cc3)CC2)n1. The van der Waals surface area contributed by atoms with Crippen molar-refractivity contribution in [1.29, 1.82) is 0 Å². The van der Waals surface area contributed by atoms with E-state index in [1.54, 1.807) is 28.4 Å². The van der Waals surface area contributed by atoms with Crippen molar-refractivity contribution < 1.29 is 13.2 Å². The molecule has 1 aromatic carbocycles. The molecule has 0 atom stereocenters. The highest BCUT2D eigenvalue weighted by Crippen LogP contribution is 2.22. The molecule has 0 saturated carbocycles. The summed E-state index contributed by atoms with van der Waals surface area (Å²) in [5.41, 5.74) is 0.994. The summed E-state index contributed by atoms with van der Waals surface area (Å²) in [4.78, 5) is 21.1. The van der Waals surface area contributed by atoms with E-state index in [1.807, 2.05) is 12.3 Å². The van der Waals surface area contributed by atoms with Gasteiger partial charge in [0.2, 0.25) is 15.9 Å². The van der Waals surface area contributed by atoms with Gasteiger partial charge in [-0.05, 0) is 31.2 Å². The first-order valence-electron chi connectivity index (χ1n) is 8.44. The van der Waals surface area contributed by atoms with E-state index < -0.39 is 10.0 Å². The highest BCUT2D eigenvalue weighted by molar-refractivity contribution is 9.10. The second-order valence-electron chi connectivity index (χ2n) is 6.35. The lowest BCUT2D eigenvalue weighted by Gasteiger charge is -2.35. The smallest absolute Gasteiger partial charge is 0.243 e. The van der Waals surface area contributed by atoms with Crippen molar-refractivity contribution in [1.82, 2.24) is 14.2 Å². The first-order valence-corrected chi connectivity index (χ1v) is 11.6. The third kappa shape index (κ3) is 4.68. The summed E-state index contributed by atoms with van der Waals surface area (Å²) in [6, 6.07) is 6.38. The van der Waals surface area contributed by atoms with Crippen LogP contribution in [0.15, 0.2) is 39.0 Å². The lowest BCUT2D eigenvalue weighted by atomic mass is 10.3. The van der Waals surface area contributed by atoms with Crippen LogP contribution in [-0.2, 0) is 14.8 Å². The Hall–Kier alpha value is -1.49. The van der Waals surface area contributed by atoms with E-state index in [1.165, 1.54) is 19.2 Å². The van der Waals surface area contributed by atoms with Crippen LogP contribution < -0.4 is 4.90 Å². The van der Waals surface area contributed by atoms with Crippen LogP contribution in [0.25, 0.3) is 0 Å². The fourth-order valence-corrected chi connectivity index (χ4v) is 5.04. The number of likely N-dealkylation sites (N-methyl/N-ethyl adjacent to an activating group) is 1. The molecule has 3 rings (SSSR count). The molecule has 146 valence electrons. The summed E-state index contributed by atoms with van der Waals surface area (Å²) < 4.78 is 27.2. The standard InChI is InChI=1S/C17H21BrN4O3S2/c1-13-12-26-17(19-13)22-9-7-21(8-10-22)16(23)11-20(2)27(24,25)15-5-3-14(18)4-6-15/h3-6,12H,7-11H2,1-2H3. The summed E-state index contributed by atoms with van der Waals surface area (Å²) in [6.45, 7) is 4.30. The van der Waals surface area contributed by atoms with Crippen molar-refractivity contribution in [3.63, 3.8) is 0 Å². The van der Waals surface area contributed by atoms with Crippen LogP contribution in [-0.4, -0.2) is 68.3 Å². The molecular formula is C17H21BrN4O3S2. The number of anilines is 1. The van der Waals surface area contributed by atoms with E-state index in [0.29, 0.717) is 26.2 Å². The molecule has 10 heteroatoms. The third-order valence-corrected chi connectivity index (χ3v) is 7.76. The molecule has 1 aromatic heterocycles. The Morgan fingerprint density at radius 2 is 1.85 bits per heavy atom. The zero-order valence-electron chi connectivity index (χ0n) is 15.1. The molecule has 27 heavy (non-hydrogen) atoms. The molecule has 0 radical (unpaired) electrons. The Morgan fingerprint density at radius 3 is 2.41 bits per heavy atom. The molecule has 0 aliphatic carbocycles. The molecule has 0 spiro atoms. The largest absolute Gasteiger partial charge is 0.345 e. The summed E-state index contributed by atoms with van der Waals surface area (Å²) in [7, 11) is -2.26. The number of hydrogen-bond donors (Lipinski definition) is 0. The number of sulfonamides is 1. The maximum atomic E-state index is 12.6. The number of aromatic nitrogens is 1. The number of rotatable bonds is 5. The fourth-order valence-electron chi connectivity index (χ4n) is 2.80. The number of benzene rings is 1. The van der Waals surface area contributed by atoms with Gasteiger partial charge in [0.15, 0.2) is 5.13 Å². The van der Waals surface area contributed by atoms with Crippen molar-refractivity contribution in [3.8, 4) is 0 Å². The van der Waals surface area contributed by atoms with Gasteiger partial charge in [-0.2, -0.15) is 4.31 Å². The lowest BCUT2D eigenvalue weighted by Crippen LogP contribution is -2.51. The number of carbonyl (C=O) groups is 1. The first kappa shape index (κ1) is 20.2.